The van der Waals surface area contributed by atoms with E-state index in [0.717, 1.165) is 12.3 Å². The van der Waals surface area contributed by atoms with Crippen molar-refractivity contribution in [2.24, 2.45) is 5.92 Å². The van der Waals surface area contributed by atoms with Gasteiger partial charge >= 0.3 is 0 Å². The van der Waals surface area contributed by atoms with Crippen LogP contribution in [0.3, 0.4) is 0 Å². The molecule has 2 aliphatic rings. The number of aliphatic hydroxyl groups excluding tert-OH is 1. The molecule has 2 heteroatoms. The monoisotopic (exact) mass is 273 g/mol. The summed E-state index contributed by atoms with van der Waals surface area (Å²) in [7, 11) is 0. The quantitative estimate of drug-likeness (QED) is 0.910. The zero-order valence-electron chi connectivity index (χ0n) is 12.4. The van der Waals surface area contributed by atoms with Crippen LogP contribution >= 0.6 is 0 Å². The maximum absolute atomic E-state index is 9.14. The van der Waals surface area contributed by atoms with E-state index in [2.05, 4.69) is 29.2 Å². The first-order valence-electron chi connectivity index (χ1n) is 8.28. The van der Waals surface area contributed by atoms with Crippen molar-refractivity contribution in [1.82, 2.24) is 4.90 Å². The zero-order valence-corrected chi connectivity index (χ0v) is 12.4. The van der Waals surface area contributed by atoms with Gasteiger partial charge in [0, 0.05) is 19.7 Å². The number of benzene rings is 1. The third kappa shape index (κ3) is 3.24. The van der Waals surface area contributed by atoms with E-state index < -0.39 is 0 Å². The number of aryl methyl sites for hydroxylation is 1. The number of hydrogen-bond donors (Lipinski definition) is 1. The van der Waals surface area contributed by atoms with Gasteiger partial charge in [0.2, 0.25) is 0 Å². The van der Waals surface area contributed by atoms with Gasteiger partial charge in [0.1, 0.15) is 0 Å². The number of piperidine rings is 1. The van der Waals surface area contributed by atoms with Crippen molar-refractivity contribution >= 4 is 0 Å². The van der Waals surface area contributed by atoms with Crippen molar-refractivity contribution in [2.75, 3.05) is 26.2 Å². The van der Waals surface area contributed by atoms with E-state index in [4.69, 9.17) is 5.11 Å². The van der Waals surface area contributed by atoms with Gasteiger partial charge in [-0.2, -0.15) is 0 Å². The van der Waals surface area contributed by atoms with Crippen LogP contribution in [-0.2, 0) is 6.42 Å². The van der Waals surface area contributed by atoms with Gasteiger partial charge in [0.15, 0.2) is 0 Å². The summed E-state index contributed by atoms with van der Waals surface area (Å²) < 4.78 is 0. The summed E-state index contributed by atoms with van der Waals surface area (Å²) >= 11 is 0. The number of hydrogen-bond acceptors (Lipinski definition) is 2. The Balaban J connectivity index is 1.63. The predicted molar refractivity (Wildman–Crippen MR) is 83.0 cm³/mol. The van der Waals surface area contributed by atoms with Crippen molar-refractivity contribution < 1.29 is 5.11 Å². The van der Waals surface area contributed by atoms with Crippen LogP contribution < -0.4 is 0 Å². The largest absolute Gasteiger partial charge is 0.396 e. The second kappa shape index (κ2) is 6.73. The number of nitrogens with zero attached hydrogens (tertiary/aromatic N) is 1. The zero-order chi connectivity index (χ0) is 13.8. The molecule has 3 rings (SSSR count). The second-order valence-corrected chi connectivity index (χ2v) is 6.57. The van der Waals surface area contributed by atoms with Crippen LogP contribution in [0, 0.1) is 5.92 Å². The molecule has 1 aliphatic heterocycles. The molecule has 1 saturated heterocycles. The average Bonchev–Trinajstić information content (AvgIpc) is 2.48. The first kappa shape index (κ1) is 14.1. The highest BCUT2D eigenvalue weighted by atomic mass is 16.3. The van der Waals surface area contributed by atoms with Gasteiger partial charge in [-0.25, -0.2) is 0 Å². The summed E-state index contributed by atoms with van der Waals surface area (Å²) in [6.45, 7) is 4.02. The molecular weight excluding hydrogens is 246 g/mol. The van der Waals surface area contributed by atoms with E-state index in [1.54, 1.807) is 11.1 Å². The lowest BCUT2D eigenvalue weighted by Gasteiger charge is -2.36. The van der Waals surface area contributed by atoms with Gasteiger partial charge in [0.05, 0.1) is 0 Å². The lowest BCUT2D eigenvalue weighted by molar-refractivity contribution is 0.139. The Bertz CT molecular complexity index is 429. The minimum atomic E-state index is 0.352. The van der Waals surface area contributed by atoms with Crippen LogP contribution in [-0.4, -0.2) is 36.2 Å². The summed E-state index contributed by atoms with van der Waals surface area (Å²) in [6, 6.07) is 9.03. The summed E-state index contributed by atoms with van der Waals surface area (Å²) in [5.74, 6) is 1.44. The Morgan fingerprint density at radius 2 is 2.05 bits per heavy atom. The van der Waals surface area contributed by atoms with Gasteiger partial charge < -0.3 is 10.0 Å². The highest BCUT2D eigenvalue weighted by molar-refractivity contribution is 5.32. The van der Waals surface area contributed by atoms with Crippen LogP contribution in [0.15, 0.2) is 24.3 Å². The van der Waals surface area contributed by atoms with Crippen LogP contribution in [0.4, 0.5) is 0 Å². The van der Waals surface area contributed by atoms with Crippen LogP contribution in [0.25, 0.3) is 0 Å². The molecule has 2 unspecified atom stereocenters. The van der Waals surface area contributed by atoms with Crippen LogP contribution in [0.1, 0.15) is 49.1 Å². The van der Waals surface area contributed by atoms with Gasteiger partial charge in [-0.3, -0.25) is 0 Å². The smallest absolute Gasteiger partial charge is 0.0434 e. The van der Waals surface area contributed by atoms with E-state index in [-0.39, 0.29) is 0 Å². The number of likely N-dealkylation sites (tertiary alicyclic amines) is 1. The molecule has 1 fully saturated rings. The SMILES string of the molecule is OCCC1CCCN(CC2CCCc3ccccc32)C1. The molecule has 0 amide bonds. The molecular formula is C18H27NO. The number of rotatable bonds is 4. The molecule has 1 heterocycles. The molecule has 1 aromatic rings. The molecule has 1 aromatic carbocycles. The third-order valence-corrected chi connectivity index (χ3v) is 5.11. The van der Waals surface area contributed by atoms with Gasteiger partial charge in [-0.15, -0.1) is 0 Å². The Hall–Kier alpha value is -0.860. The van der Waals surface area contributed by atoms with E-state index in [9.17, 15) is 0 Å². The third-order valence-electron chi connectivity index (χ3n) is 5.11. The summed E-state index contributed by atoms with van der Waals surface area (Å²) in [6.07, 6.45) is 7.54. The number of fused-ring (bicyclic) bond motifs is 1. The Morgan fingerprint density at radius 3 is 2.95 bits per heavy atom. The van der Waals surface area contributed by atoms with Crippen molar-refractivity contribution in [3.8, 4) is 0 Å². The molecule has 2 nitrogen and oxygen atoms in total. The van der Waals surface area contributed by atoms with Gasteiger partial charge in [-0.05, 0) is 68.0 Å². The molecule has 0 aromatic heterocycles. The number of aliphatic hydroxyl groups is 1. The normalized spacial score (nSPS) is 27.2. The highest BCUT2D eigenvalue weighted by Crippen LogP contribution is 2.33. The van der Waals surface area contributed by atoms with Crippen LogP contribution in [0.2, 0.25) is 0 Å². The summed E-state index contributed by atoms with van der Waals surface area (Å²) in [4.78, 5) is 2.65. The van der Waals surface area contributed by atoms with E-state index in [1.807, 2.05) is 0 Å². The molecule has 1 N–H and O–H groups in total. The summed E-state index contributed by atoms with van der Waals surface area (Å²) in [5.41, 5.74) is 3.18. The second-order valence-electron chi connectivity index (χ2n) is 6.57. The highest BCUT2D eigenvalue weighted by Gasteiger charge is 2.25. The van der Waals surface area contributed by atoms with E-state index in [1.165, 1.54) is 51.7 Å². The van der Waals surface area contributed by atoms with Crippen molar-refractivity contribution in [1.29, 1.82) is 0 Å². The van der Waals surface area contributed by atoms with Gasteiger partial charge in [-0.1, -0.05) is 24.3 Å². The topological polar surface area (TPSA) is 23.5 Å². The molecule has 110 valence electrons. The molecule has 2 atom stereocenters. The first-order valence-corrected chi connectivity index (χ1v) is 8.28. The van der Waals surface area contributed by atoms with Gasteiger partial charge in [0.25, 0.3) is 0 Å². The fourth-order valence-electron chi connectivity index (χ4n) is 4.09. The summed E-state index contributed by atoms with van der Waals surface area (Å²) in [5, 5.41) is 9.14. The van der Waals surface area contributed by atoms with Crippen molar-refractivity contribution in [2.45, 2.75) is 44.4 Å². The van der Waals surface area contributed by atoms with E-state index in [0.29, 0.717) is 12.5 Å². The minimum absolute atomic E-state index is 0.352. The standard InChI is InChI=1S/C18H27NO/c20-12-10-15-5-4-11-19(13-15)14-17-8-3-7-16-6-1-2-9-18(16)17/h1-2,6,9,15,17,20H,3-5,7-8,10-14H2. The van der Waals surface area contributed by atoms with Crippen molar-refractivity contribution in [3.63, 3.8) is 0 Å². The lowest BCUT2D eigenvalue weighted by Crippen LogP contribution is -2.38. The predicted octanol–water partition coefficient (Wildman–Crippen LogP) is 3.20. The Labute approximate surface area is 122 Å². The Kier molecular flexibility index (Phi) is 4.74. The fourth-order valence-corrected chi connectivity index (χ4v) is 4.09. The average molecular weight is 273 g/mol. The maximum Gasteiger partial charge on any atom is 0.0434 e. The molecule has 20 heavy (non-hydrogen) atoms. The molecule has 0 bridgehead atoms. The van der Waals surface area contributed by atoms with Crippen molar-refractivity contribution in [3.05, 3.63) is 35.4 Å². The molecule has 1 aliphatic carbocycles. The fraction of sp³-hybridized carbons (Fsp3) is 0.667. The molecule has 0 radical (unpaired) electrons. The molecule has 0 saturated carbocycles. The lowest BCUT2D eigenvalue weighted by atomic mass is 9.82. The van der Waals surface area contributed by atoms with E-state index >= 15 is 0 Å². The first-order chi connectivity index (χ1) is 9.86. The van der Waals surface area contributed by atoms with Crippen LogP contribution in [0.5, 0.6) is 0 Å². The minimum Gasteiger partial charge on any atom is -0.396 e. The Morgan fingerprint density at radius 1 is 1.15 bits per heavy atom. The molecule has 0 spiro atoms. The maximum atomic E-state index is 9.14.